The van der Waals surface area contributed by atoms with Crippen molar-refractivity contribution in [3.05, 3.63) is 47.5 Å². The van der Waals surface area contributed by atoms with Gasteiger partial charge < -0.3 is 9.47 Å². The molecule has 0 spiro atoms. The molecule has 1 heterocycles. The molecule has 1 aromatic rings. The Morgan fingerprint density at radius 2 is 1.96 bits per heavy atom. The van der Waals surface area contributed by atoms with Gasteiger partial charge in [0, 0.05) is 19.6 Å². The number of benzene rings is 1. The third kappa shape index (κ3) is 5.81. The molecular weight excluding hydrogens is 290 g/mol. The average molecular weight is 317 g/mol. The van der Waals surface area contributed by atoms with Crippen LogP contribution in [0.3, 0.4) is 0 Å². The fourth-order valence-electron chi connectivity index (χ4n) is 2.61. The maximum absolute atomic E-state index is 11.6. The molecule has 4 nitrogen and oxygen atoms in total. The lowest BCUT2D eigenvalue weighted by molar-refractivity contribution is 0.0434. The van der Waals surface area contributed by atoms with Gasteiger partial charge in [-0.2, -0.15) is 0 Å². The molecule has 0 saturated carbocycles. The first-order chi connectivity index (χ1) is 11.2. The predicted octanol–water partition coefficient (Wildman–Crippen LogP) is 3.25. The van der Waals surface area contributed by atoms with Crippen molar-refractivity contribution in [2.45, 2.75) is 26.2 Å². The second-order valence-corrected chi connectivity index (χ2v) is 5.86. The van der Waals surface area contributed by atoms with Crippen molar-refractivity contribution < 1.29 is 14.3 Å². The highest BCUT2D eigenvalue weighted by Gasteiger charge is 2.09. The summed E-state index contributed by atoms with van der Waals surface area (Å²) in [4.78, 5) is 14.0. The minimum absolute atomic E-state index is 0.253. The molecule has 0 amide bonds. The summed E-state index contributed by atoms with van der Waals surface area (Å²) in [7, 11) is 0. The second kappa shape index (κ2) is 9.48. The summed E-state index contributed by atoms with van der Waals surface area (Å²) in [6.07, 6.45) is 5.50. The molecule has 1 aliphatic heterocycles. The molecule has 4 heteroatoms. The van der Waals surface area contributed by atoms with E-state index in [0.717, 1.165) is 39.3 Å². The molecule has 0 bridgehead atoms. The number of esters is 1. The maximum Gasteiger partial charge on any atom is 0.338 e. The molecule has 0 radical (unpaired) electrons. The molecule has 1 unspecified atom stereocenters. The van der Waals surface area contributed by atoms with E-state index in [-0.39, 0.29) is 5.97 Å². The van der Waals surface area contributed by atoms with Gasteiger partial charge >= 0.3 is 5.97 Å². The van der Waals surface area contributed by atoms with Crippen LogP contribution in [0.1, 0.15) is 42.1 Å². The molecule has 23 heavy (non-hydrogen) atoms. The first kappa shape index (κ1) is 17.7. The van der Waals surface area contributed by atoms with Gasteiger partial charge in [0.2, 0.25) is 0 Å². The van der Waals surface area contributed by atoms with Crippen molar-refractivity contribution in [2.75, 3.05) is 39.5 Å². The summed E-state index contributed by atoms with van der Waals surface area (Å²) in [5.74, 6) is 0.185. The van der Waals surface area contributed by atoms with Crippen molar-refractivity contribution in [3.8, 4) is 0 Å². The lowest BCUT2D eigenvalue weighted by atomic mass is 9.96. The fraction of sp³-hybridized carbons (Fsp3) is 0.526. The molecule has 126 valence electrons. The third-order valence-corrected chi connectivity index (χ3v) is 4.11. The van der Waals surface area contributed by atoms with Crippen LogP contribution in [0.5, 0.6) is 0 Å². The molecule has 1 aliphatic rings. The lowest BCUT2D eigenvalue weighted by Crippen LogP contribution is -2.36. The fourth-order valence-corrected chi connectivity index (χ4v) is 2.61. The number of carbonyl (C=O) groups excluding carboxylic acids is 1. The number of morpholine rings is 1. The van der Waals surface area contributed by atoms with Crippen molar-refractivity contribution in [2.24, 2.45) is 0 Å². The molecule has 1 atom stereocenters. The predicted molar refractivity (Wildman–Crippen MR) is 91.8 cm³/mol. The van der Waals surface area contributed by atoms with Gasteiger partial charge in [-0.15, -0.1) is 0 Å². The van der Waals surface area contributed by atoms with E-state index in [1.54, 1.807) is 0 Å². The van der Waals surface area contributed by atoms with E-state index in [9.17, 15) is 4.79 Å². The summed E-state index contributed by atoms with van der Waals surface area (Å²) >= 11 is 0. The molecule has 1 aromatic carbocycles. The second-order valence-electron chi connectivity index (χ2n) is 5.86. The van der Waals surface area contributed by atoms with Crippen LogP contribution >= 0.6 is 0 Å². The Kier molecular flexibility index (Phi) is 7.30. The molecule has 1 fully saturated rings. The van der Waals surface area contributed by atoms with Crippen LogP contribution in [0.25, 0.3) is 0 Å². The first-order valence-corrected chi connectivity index (χ1v) is 8.43. The Bertz CT molecular complexity index is 504. The maximum atomic E-state index is 11.6. The highest BCUT2D eigenvalue weighted by Crippen LogP contribution is 2.20. The van der Waals surface area contributed by atoms with Crippen LogP contribution in [-0.4, -0.2) is 50.3 Å². The van der Waals surface area contributed by atoms with E-state index in [2.05, 4.69) is 24.0 Å². The Balaban J connectivity index is 1.78. The highest BCUT2D eigenvalue weighted by atomic mass is 16.5. The standard InChI is InChI=1S/C19H27NO3/c1-3-23-19(21)18-9-7-17(8-10-18)16(2)6-4-5-11-20-12-14-22-15-13-20/h4-5,7-10,16H,3,6,11-15H2,1-2H3/b5-4+. The number of hydrogen-bond donors (Lipinski definition) is 0. The molecule has 0 aliphatic carbocycles. The Labute approximate surface area is 139 Å². The zero-order valence-corrected chi connectivity index (χ0v) is 14.2. The Hall–Kier alpha value is -1.65. The average Bonchev–Trinajstić information content (AvgIpc) is 2.60. The summed E-state index contributed by atoms with van der Waals surface area (Å²) in [5.41, 5.74) is 1.86. The Morgan fingerprint density at radius 1 is 1.26 bits per heavy atom. The normalized spacial score (nSPS) is 17.3. The largest absolute Gasteiger partial charge is 0.462 e. The van der Waals surface area contributed by atoms with E-state index >= 15 is 0 Å². The summed E-state index contributed by atoms with van der Waals surface area (Å²) in [5, 5.41) is 0. The summed E-state index contributed by atoms with van der Waals surface area (Å²) < 4.78 is 10.3. The summed E-state index contributed by atoms with van der Waals surface area (Å²) in [6, 6.07) is 7.74. The topological polar surface area (TPSA) is 38.8 Å². The number of rotatable bonds is 7. The molecule has 0 N–H and O–H groups in total. The molecule has 1 saturated heterocycles. The lowest BCUT2D eigenvalue weighted by Gasteiger charge is -2.25. The molecular formula is C19H27NO3. The zero-order valence-electron chi connectivity index (χ0n) is 14.2. The van der Waals surface area contributed by atoms with Crippen LogP contribution in [0.15, 0.2) is 36.4 Å². The molecule has 2 rings (SSSR count). The SMILES string of the molecule is CCOC(=O)c1ccc(C(C)C/C=C/CN2CCOCC2)cc1. The van der Waals surface area contributed by atoms with Gasteiger partial charge in [0.25, 0.3) is 0 Å². The Morgan fingerprint density at radius 3 is 2.61 bits per heavy atom. The number of hydrogen-bond acceptors (Lipinski definition) is 4. The van der Waals surface area contributed by atoms with Crippen LogP contribution in [0, 0.1) is 0 Å². The minimum Gasteiger partial charge on any atom is -0.462 e. The van der Waals surface area contributed by atoms with Gasteiger partial charge in [-0.1, -0.05) is 31.2 Å². The van der Waals surface area contributed by atoms with Gasteiger partial charge in [-0.3, -0.25) is 4.90 Å². The van der Waals surface area contributed by atoms with E-state index in [4.69, 9.17) is 9.47 Å². The van der Waals surface area contributed by atoms with Gasteiger partial charge in [-0.25, -0.2) is 4.79 Å². The van der Waals surface area contributed by atoms with Crippen LogP contribution in [0.2, 0.25) is 0 Å². The van der Waals surface area contributed by atoms with Crippen molar-refractivity contribution in [1.82, 2.24) is 4.90 Å². The smallest absolute Gasteiger partial charge is 0.338 e. The number of ether oxygens (including phenoxy) is 2. The van der Waals surface area contributed by atoms with Crippen LogP contribution in [-0.2, 0) is 9.47 Å². The summed E-state index contributed by atoms with van der Waals surface area (Å²) in [6.45, 7) is 9.16. The number of carbonyl (C=O) groups is 1. The van der Waals surface area contributed by atoms with Crippen molar-refractivity contribution in [1.29, 1.82) is 0 Å². The van der Waals surface area contributed by atoms with E-state index in [1.807, 2.05) is 31.2 Å². The highest BCUT2D eigenvalue weighted by molar-refractivity contribution is 5.89. The third-order valence-electron chi connectivity index (χ3n) is 4.11. The first-order valence-electron chi connectivity index (χ1n) is 8.43. The van der Waals surface area contributed by atoms with Crippen LogP contribution < -0.4 is 0 Å². The van der Waals surface area contributed by atoms with Crippen molar-refractivity contribution >= 4 is 5.97 Å². The number of nitrogens with zero attached hydrogens (tertiary/aromatic N) is 1. The zero-order chi connectivity index (χ0) is 16.5. The molecule has 0 aromatic heterocycles. The van der Waals surface area contributed by atoms with Gasteiger partial charge in [0.1, 0.15) is 0 Å². The van der Waals surface area contributed by atoms with Crippen LogP contribution in [0.4, 0.5) is 0 Å². The van der Waals surface area contributed by atoms with Crippen molar-refractivity contribution in [3.63, 3.8) is 0 Å². The quantitative estimate of drug-likeness (QED) is 0.571. The minimum atomic E-state index is -0.253. The monoisotopic (exact) mass is 317 g/mol. The van der Waals surface area contributed by atoms with E-state index in [0.29, 0.717) is 18.1 Å². The van der Waals surface area contributed by atoms with E-state index in [1.165, 1.54) is 5.56 Å². The van der Waals surface area contributed by atoms with E-state index < -0.39 is 0 Å². The van der Waals surface area contributed by atoms with Gasteiger partial charge in [-0.05, 0) is 37.0 Å². The van der Waals surface area contributed by atoms with Gasteiger partial charge in [0.05, 0.1) is 25.4 Å². The van der Waals surface area contributed by atoms with Gasteiger partial charge in [0.15, 0.2) is 0 Å². The number of allylic oxidation sites excluding steroid dienone is 1.